The molecule has 166 valence electrons. The Labute approximate surface area is 186 Å². The Balaban J connectivity index is 1.51. The molecule has 0 bridgehead atoms. The largest absolute Gasteiger partial charge is 0.369 e. The summed E-state index contributed by atoms with van der Waals surface area (Å²) < 4.78 is 29.4. The maximum Gasteiger partial charge on any atom is 0.263 e. The van der Waals surface area contributed by atoms with E-state index in [1.54, 1.807) is 19.2 Å². The van der Waals surface area contributed by atoms with E-state index < -0.39 is 15.9 Å². The van der Waals surface area contributed by atoms with E-state index in [4.69, 9.17) is 11.6 Å². The van der Waals surface area contributed by atoms with Crippen LogP contribution in [0.3, 0.4) is 0 Å². The molecule has 2 aromatic rings. The Bertz CT molecular complexity index is 1080. The Hall–Kier alpha value is -2.43. The number of Topliss-reactive ketones (excluding diaryl/α,β-unsaturated/α-hetero) is 1. The molecule has 2 saturated heterocycles. The fraction of sp³-hybridized carbons (Fsp3) is 0.450. The van der Waals surface area contributed by atoms with E-state index in [9.17, 15) is 18.0 Å². The molecule has 0 N–H and O–H groups in total. The SMILES string of the molecule is Cn1cc(C(=O)N2CCC(=O)CC2)c(S(=O)(=O)N2CCN(c3ccc(Cl)cc3)CC2)n1. The number of anilines is 1. The molecule has 2 fully saturated rings. The lowest BCUT2D eigenvalue weighted by Crippen LogP contribution is -2.49. The molecule has 0 radical (unpaired) electrons. The van der Waals surface area contributed by atoms with Gasteiger partial charge >= 0.3 is 0 Å². The lowest BCUT2D eigenvalue weighted by molar-refractivity contribution is -0.120. The third-order valence-electron chi connectivity index (χ3n) is 5.65. The summed E-state index contributed by atoms with van der Waals surface area (Å²) in [5.74, 6) is -0.291. The second-order valence-electron chi connectivity index (χ2n) is 7.72. The van der Waals surface area contributed by atoms with E-state index in [0.717, 1.165) is 5.69 Å². The zero-order chi connectivity index (χ0) is 22.2. The zero-order valence-electron chi connectivity index (χ0n) is 17.2. The van der Waals surface area contributed by atoms with Crippen molar-refractivity contribution in [1.82, 2.24) is 19.0 Å². The number of hydrogen-bond acceptors (Lipinski definition) is 6. The minimum absolute atomic E-state index is 0.0528. The number of aromatic nitrogens is 2. The van der Waals surface area contributed by atoms with Crippen molar-refractivity contribution in [3.63, 3.8) is 0 Å². The summed E-state index contributed by atoms with van der Waals surface area (Å²) >= 11 is 5.94. The molecule has 3 heterocycles. The number of amides is 1. The summed E-state index contributed by atoms with van der Waals surface area (Å²) in [7, 11) is -2.35. The second-order valence-corrected chi connectivity index (χ2v) is 10.0. The van der Waals surface area contributed by atoms with Crippen LogP contribution in [0.2, 0.25) is 5.02 Å². The maximum atomic E-state index is 13.3. The first-order valence-corrected chi connectivity index (χ1v) is 11.9. The highest BCUT2D eigenvalue weighted by Gasteiger charge is 2.36. The van der Waals surface area contributed by atoms with Crippen molar-refractivity contribution in [2.75, 3.05) is 44.2 Å². The second kappa shape index (κ2) is 8.60. The molecule has 9 nitrogen and oxygen atoms in total. The van der Waals surface area contributed by atoms with Crippen molar-refractivity contribution in [3.05, 3.63) is 41.0 Å². The van der Waals surface area contributed by atoms with Crippen LogP contribution < -0.4 is 4.90 Å². The Morgan fingerprint density at radius 1 is 1.00 bits per heavy atom. The Morgan fingerprint density at radius 2 is 1.61 bits per heavy atom. The number of benzene rings is 1. The molecule has 0 spiro atoms. The number of ketones is 1. The summed E-state index contributed by atoms with van der Waals surface area (Å²) in [6.07, 6.45) is 2.02. The van der Waals surface area contributed by atoms with Crippen molar-refractivity contribution in [3.8, 4) is 0 Å². The Morgan fingerprint density at radius 3 is 2.23 bits per heavy atom. The van der Waals surface area contributed by atoms with Gasteiger partial charge in [0.05, 0.1) is 5.56 Å². The average Bonchev–Trinajstić information content (AvgIpc) is 3.17. The molecule has 2 aliphatic rings. The van der Waals surface area contributed by atoms with Crippen LogP contribution in [0.4, 0.5) is 5.69 Å². The molecule has 1 aromatic heterocycles. The van der Waals surface area contributed by atoms with Crippen LogP contribution >= 0.6 is 11.6 Å². The van der Waals surface area contributed by atoms with E-state index >= 15 is 0 Å². The molecule has 0 saturated carbocycles. The van der Waals surface area contributed by atoms with Gasteiger partial charge in [-0.25, -0.2) is 8.42 Å². The highest BCUT2D eigenvalue weighted by molar-refractivity contribution is 7.89. The zero-order valence-corrected chi connectivity index (χ0v) is 18.8. The number of hydrogen-bond donors (Lipinski definition) is 0. The van der Waals surface area contributed by atoms with Gasteiger partial charge < -0.3 is 9.80 Å². The Kier molecular flexibility index (Phi) is 6.05. The number of carbonyl (C=O) groups is 2. The number of likely N-dealkylation sites (tertiary alicyclic amines) is 1. The number of nitrogens with zero attached hydrogens (tertiary/aromatic N) is 5. The van der Waals surface area contributed by atoms with Gasteiger partial charge in [0.15, 0.2) is 0 Å². The van der Waals surface area contributed by atoms with Crippen LogP contribution in [0.1, 0.15) is 23.2 Å². The fourth-order valence-corrected chi connectivity index (χ4v) is 5.56. The fourth-order valence-electron chi connectivity index (χ4n) is 3.90. The van der Waals surface area contributed by atoms with Gasteiger partial charge in [0.2, 0.25) is 5.03 Å². The van der Waals surface area contributed by atoms with Gasteiger partial charge in [0.25, 0.3) is 15.9 Å². The number of rotatable bonds is 4. The predicted molar refractivity (Wildman–Crippen MR) is 116 cm³/mol. The van der Waals surface area contributed by atoms with Crippen LogP contribution in [-0.2, 0) is 21.9 Å². The normalized spacial score (nSPS) is 18.5. The van der Waals surface area contributed by atoms with E-state index in [0.29, 0.717) is 44.0 Å². The summed E-state index contributed by atoms with van der Waals surface area (Å²) in [6, 6.07) is 7.43. The maximum absolute atomic E-state index is 13.3. The van der Waals surface area contributed by atoms with Gasteiger partial charge in [-0.3, -0.25) is 14.3 Å². The van der Waals surface area contributed by atoms with Gasteiger partial charge in [-0.05, 0) is 24.3 Å². The molecule has 4 rings (SSSR count). The van der Waals surface area contributed by atoms with E-state index in [2.05, 4.69) is 10.00 Å². The molecule has 11 heteroatoms. The molecule has 1 amide bonds. The first-order valence-electron chi connectivity index (χ1n) is 10.1. The van der Waals surface area contributed by atoms with Gasteiger partial charge in [-0.15, -0.1) is 0 Å². The number of aryl methyl sites for hydroxylation is 1. The van der Waals surface area contributed by atoms with Crippen molar-refractivity contribution in [2.24, 2.45) is 7.05 Å². The lowest BCUT2D eigenvalue weighted by atomic mass is 10.1. The summed E-state index contributed by atoms with van der Waals surface area (Å²) in [5, 5.41) is 4.54. The van der Waals surface area contributed by atoms with Crippen LogP contribution in [-0.4, -0.2) is 78.4 Å². The average molecular weight is 466 g/mol. The van der Waals surface area contributed by atoms with E-state index in [1.165, 1.54) is 20.1 Å². The van der Waals surface area contributed by atoms with Crippen LogP contribution in [0, 0.1) is 0 Å². The van der Waals surface area contributed by atoms with E-state index in [1.807, 2.05) is 12.1 Å². The molecular formula is C20H24ClN5O4S. The third-order valence-corrected chi connectivity index (χ3v) is 7.74. The van der Waals surface area contributed by atoms with Gasteiger partial charge in [0, 0.05) is 76.1 Å². The van der Waals surface area contributed by atoms with Crippen molar-refractivity contribution in [1.29, 1.82) is 0 Å². The van der Waals surface area contributed by atoms with Crippen LogP contribution in [0.15, 0.2) is 35.5 Å². The van der Waals surface area contributed by atoms with Gasteiger partial charge in [-0.2, -0.15) is 9.40 Å². The third kappa shape index (κ3) is 4.46. The predicted octanol–water partition coefficient (Wildman–Crippen LogP) is 1.39. The summed E-state index contributed by atoms with van der Waals surface area (Å²) in [6.45, 7) is 2.20. The standard InChI is InChI=1S/C20H24ClN5O4S/c1-23-14-18(20(28)25-8-6-17(27)7-9-25)19(22-23)31(29,30)26-12-10-24(11-13-26)16-4-2-15(21)3-5-16/h2-5,14H,6-13H2,1H3. The summed E-state index contributed by atoms with van der Waals surface area (Å²) in [4.78, 5) is 28.1. The molecule has 0 aliphatic carbocycles. The summed E-state index contributed by atoms with van der Waals surface area (Å²) in [5.41, 5.74) is 1.03. The molecular weight excluding hydrogens is 442 g/mol. The number of sulfonamides is 1. The lowest BCUT2D eigenvalue weighted by Gasteiger charge is -2.35. The number of carbonyl (C=O) groups excluding carboxylic acids is 2. The highest BCUT2D eigenvalue weighted by Crippen LogP contribution is 2.25. The molecule has 0 atom stereocenters. The quantitative estimate of drug-likeness (QED) is 0.677. The minimum atomic E-state index is -3.94. The molecule has 31 heavy (non-hydrogen) atoms. The number of halogens is 1. The smallest absolute Gasteiger partial charge is 0.263 e. The minimum Gasteiger partial charge on any atom is -0.369 e. The van der Waals surface area contributed by atoms with Crippen LogP contribution in [0.25, 0.3) is 0 Å². The van der Waals surface area contributed by atoms with Gasteiger partial charge in [0.1, 0.15) is 5.78 Å². The first kappa shape index (κ1) is 21.8. The van der Waals surface area contributed by atoms with Crippen molar-refractivity contribution < 1.29 is 18.0 Å². The molecule has 0 unspecified atom stereocenters. The van der Waals surface area contributed by atoms with Gasteiger partial charge in [-0.1, -0.05) is 11.6 Å². The first-order chi connectivity index (χ1) is 14.8. The van der Waals surface area contributed by atoms with Crippen molar-refractivity contribution in [2.45, 2.75) is 17.9 Å². The monoisotopic (exact) mass is 465 g/mol. The molecule has 2 aliphatic heterocycles. The topological polar surface area (TPSA) is 95.8 Å². The number of piperazine rings is 1. The van der Waals surface area contributed by atoms with Crippen molar-refractivity contribution >= 4 is 39.0 Å². The molecule has 1 aromatic carbocycles. The number of piperidine rings is 1. The highest BCUT2D eigenvalue weighted by atomic mass is 35.5. The van der Waals surface area contributed by atoms with E-state index in [-0.39, 0.29) is 29.5 Å². The van der Waals surface area contributed by atoms with Crippen LogP contribution in [0.5, 0.6) is 0 Å².